The molecule has 0 heterocycles. The van der Waals surface area contributed by atoms with E-state index in [1.165, 1.54) is 5.56 Å². The highest BCUT2D eigenvalue weighted by Crippen LogP contribution is 2.40. The number of benzene rings is 2. The Balaban J connectivity index is 1.77. The van der Waals surface area contributed by atoms with E-state index in [2.05, 4.69) is 17.4 Å². The Morgan fingerprint density at radius 3 is 2.48 bits per heavy atom. The predicted octanol–water partition coefficient (Wildman–Crippen LogP) is 3.80. The molecule has 1 fully saturated rings. The molecule has 0 atom stereocenters. The molecule has 0 unspecified atom stereocenters. The van der Waals surface area contributed by atoms with Gasteiger partial charge in [-0.3, -0.25) is 4.79 Å². The number of ether oxygens (including phenoxy) is 2. The van der Waals surface area contributed by atoms with Crippen molar-refractivity contribution in [2.75, 3.05) is 13.7 Å². The Kier molecular flexibility index (Phi) is 5.97. The van der Waals surface area contributed by atoms with E-state index in [4.69, 9.17) is 14.7 Å². The van der Waals surface area contributed by atoms with Gasteiger partial charge in [0.15, 0.2) is 0 Å². The van der Waals surface area contributed by atoms with E-state index < -0.39 is 0 Å². The van der Waals surface area contributed by atoms with Gasteiger partial charge in [-0.1, -0.05) is 42.5 Å². The highest BCUT2D eigenvalue weighted by atomic mass is 16.5. The maximum atomic E-state index is 12.7. The van der Waals surface area contributed by atoms with Crippen molar-refractivity contribution in [1.82, 2.24) is 5.32 Å². The summed E-state index contributed by atoms with van der Waals surface area (Å²) in [7, 11) is 1.56. The van der Waals surface area contributed by atoms with Gasteiger partial charge in [-0.15, -0.1) is 0 Å². The SMILES string of the molecule is COc1ccccc1C(=O)NCC1(c2ccccc2)CCC(OC#N)CC1. The largest absolute Gasteiger partial charge is 0.496 e. The topological polar surface area (TPSA) is 71.3 Å². The minimum atomic E-state index is -0.158. The summed E-state index contributed by atoms with van der Waals surface area (Å²) in [6.07, 6.45) is 5.09. The van der Waals surface area contributed by atoms with E-state index >= 15 is 0 Å². The summed E-state index contributed by atoms with van der Waals surface area (Å²) in [5.74, 6) is 0.424. The predicted molar refractivity (Wildman–Crippen MR) is 102 cm³/mol. The fourth-order valence-corrected chi connectivity index (χ4v) is 3.87. The molecule has 140 valence electrons. The van der Waals surface area contributed by atoms with E-state index in [-0.39, 0.29) is 17.4 Å². The molecule has 0 saturated heterocycles. The van der Waals surface area contributed by atoms with Crippen molar-refractivity contribution in [3.63, 3.8) is 0 Å². The zero-order valence-electron chi connectivity index (χ0n) is 15.5. The number of methoxy groups -OCH3 is 1. The van der Waals surface area contributed by atoms with Crippen LogP contribution in [0, 0.1) is 11.5 Å². The van der Waals surface area contributed by atoms with Crippen LogP contribution in [0.5, 0.6) is 5.75 Å². The van der Waals surface area contributed by atoms with Crippen molar-refractivity contribution in [3.05, 3.63) is 65.7 Å². The number of nitrogens with one attached hydrogen (secondary N) is 1. The second kappa shape index (κ2) is 8.59. The number of nitriles is 1. The van der Waals surface area contributed by atoms with E-state index in [1.54, 1.807) is 25.5 Å². The molecule has 0 radical (unpaired) electrons. The van der Waals surface area contributed by atoms with Gasteiger partial charge >= 0.3 is 0 Å². The summed E-state index contributed by atoms with van der Waals surface area (Å²) in [4.78, 5) is 12.7. The first-order valence-electron chi connectivity index (χ1n) is 9.20. The van der Waals surface area contributed by atoms with Gasteiger partial charge in [0.2, 0.25) is 0 Å². The lowest BCUT2D eigenvalue weighted by molar-refractivity contribution is 0.0817. The monoisotopic (exact) mass is 364 g/mol. The molecule has 5 heteroatoms. The van der Waals surface area contributed by atoms with Crippen molar-refractivity contribution in [2.45, 2.75) is 37.2 Å². The standard InChI is InChI=1S/C22H24N2O3/c1-26-20-10-6-5-9-19(20)21(25)24-15-22(17-7-3-2-4-8-17)13-11-18(12-14-22)27-16-23/h2-10,18H,11-15H2,1H3,(H,24,25). The molecule has 5 nitrogen and oxygen atoms in total. The van der Waals surface area contributed by atoms with E-state index in [0.29, 0.717) is 17.9 Å². The van der Waals surface area contributed by atoms with Crippen molar-refractivity contribution in [2.24, 2.45) is 0 Å². The Morgan fingerprint density at radius 2 is 1.81 bits per heavy atom. The van der Waals surface area contributed by atoms with Gasteiger partial charge < -0.3 is 14.8 Å². The number of carbonyl (C=O) groups excluding carboxylic acids is 1. The second-order valence-corrected chi connectivity index (χ2v) is 6.94. The van der Waals surface area contributed by atoms with Crippen LogP contribution in [0.1, 0.15) is 41.6 Å². The highest BCUT2D eigenvalue weighted by molar-refractivity contribution is 5.96. The van der Waals surface area contributed by atoms with Crippen LogP contribution in [0.2, 0.25) is 0 Å². The number of hydrogen-bond acceptors (Lipinski definition) is 4. The van der Waals surface area contributed by atoms with Crippen molar-refractivity contribution in [3.8, 4) is 12.0 Å². The number of amides is 1. The quantitative estimate of drug-likeness (QED) is 0.792. The molecule has 2 aromatic carbocycles. The van der Waals surface area contributed by atoms with Crippen LogP contribution in [0.3, 0.4) is 0 Å². The van der Waals surface area contributed by atoms with Crippen LogP contribution in [-0.2, 0) is 10.2 Å². The fourth-order valence-electron chi connectivity index (χ4n) is 3.87. The Hall–Kier alpha value is -3.00. The summed E-state index contributed by atoms with van der Waals surface area (Å²) in [6, 6.07) is 17.5. The van der Waals surface area contributed by atoms with Crippen LogP contribution in [0.4, 0.5) is 0 Å². The van der Waals surface area contributed by atoms with Gasteiger partial charge in [0.05, 0.1) is 12.7 Å². The maximum Gasteiger partial charge on any atom is 0.286 e. The average molecular weight is 364 g/mol. The molecule has 3 rings (SSSR count). The van der Waals surface area contributed by atoms with Crippen LogP contribution in [0.25, 0.3) is 0 Å². The molecule has 1 N–H and O–H groups in total. The molecule has 2 aromatic rings. The molecule has 1 aliphatic rings. The van der Waals surface area contributed by atoms with E-state index in [0.717, 1.165) is 25.7 Å². The van der Waals surface area contributed by atoms with Crippen molar-refractivity contribution in [1.29, 1.82) is 5.26 Å². The van der Waals surface area contributed by atoms with Gasteiger partial charge in [-0.2, -0.15) is 5.26 Å². The Labute approximate surface area is 159 Å². The first kappa shape index (κ1) is 18.8. The number of carbonyl (C=O) groups is 1. The smallest absolute Gasteiger partial charge is 0.286 e. The molecule has 27 heavy (non-hydrogen) atoms. The summed E-state index contributed by atoms with van der Waals surface area (Å²) in [6.45, 7) is 0.535. The molecule has 0 aromatic heterocycles. The summed E-state index contributed by atoms with van der Waals surface area (Å²) in [5.41, 5.74) is 1.58. The first-order valence-corrected chi connectivity index (χ1v) is 9.20. The average Bonchev–Trinajstić information content (AvgIpc) is 2.74. The zero-order valence-corrected chi connectivity index (χ0v) is 15.5. The van der Waals surface area contributed by atoms with Crippen LogP contribution >= 0.6 is 0 Å². The molecular formula is C22H24N2O3. The number of para-hydroxylation sites is 1. The van der Waals surface area contributed by atoms with Gasteiger partial charge in [0, 0.05) is 12.0 Å². The number of nitrogens with zero attached hydrogens (tertiary/aromatic N) is 1. The minimum Gasteiger partial charge on any atom is -0.496 e. The molecular weight excluding hydrogens is 340 g/mol. The Morgan fingerprint density at radius 1 is 1.15 bits per heavy atom. The summed E-state index contributed by atoms with van der Waals surface area (Å²) < 4.78 is 10.4. The minimum absolute atomic E-state index is 0.0308. The van der Waals surface area contributed by atoms with Crippen LogP contribution in [-0.4, -0.2) is 25.7 Å². The number of hydrogen-bond donors (Lipinski definition) is 1. The van der Waals surface area contributed by atoms with E-state index in [1.807, 2.05) is 30.3 Å². The van der Waals surface area contributed by atoms with Gasteiger partial charge in [-0.05, 0) is 43.4 Å². The normalized spacial score (nSPS) is 21.7. The highest BCUT2D eigenvalue weighted by Gasteiger charge is 2.38. The lowest BCUT2D eigenvalue weighted by atomic mass is 9.68. The molecule has 0 bridgehead atoms. The molecule has 1 amide bonds. The molecule has 0 spiro atoms. The zero-order chi connectivity index (χ0) is 19.1. The third-order valence-corrected chi connectivity index (χ3v) is 5.43. The lowest BCUT2D eigenvalue weighted by Crippen LogP contribution is -2.44. The van der Waals surface area contributed by atoms with Gasteiger partial charge in [0.1, 0.15) is 11.9 Å². The van der Waals surface area contributed by atoms with Crippen LogP contribution < -0.4 is 10.1 Å². The van der Waals surface area contributed by atoms with Crippen LogP contribution in [0.15, 0.2) is 54.6 Å². The summed E-state index contributed by atoms with van der Waals surface area (Å²) in [5, 5.41) is 11.9. The Bertz CT molecular complexity index is 806. The van der Waals surface area contributed by atoms with Crippen molar-refractivity contribution >= 4 is 5.91 Å². The number of rotatable bonds is 6. The molecule has 0 aliphatic heterocycles. The second-order valence-electron chi connectivity index (χ2n) is 6.94. The van der Waals surface area contributed by atoms with E-state index in [9.17, 15) is 4.79 Å². The van der Waals surface area contributed by atoms with Crippen molar-refractivity contribution < 1.29 is 14.3 Å². The van der Waals surface area contributed by atoms with Gasteiger partial charge in [-0.25, -0.2) is 0 Å². The molecule has 1 saturated carbocycles. The third-order valence-electron chi connectivity index (χ3n) is 5.43. The maximum absolute atomic E-state index is 12.7. The summed E-state index contributed by atoms with van der Waals surface area (Å²) >= 11 is 0. The fraction of sp³-hybridized carbons (Fsp3) is 0.364. The van der Waals surface area contributed by atoms with Gasteiger partial charge in [0.25, 0.3) is 12.2 Å². The lowest BCUT2D eigenvalue weighted by Gasteiger charge is -2.40. The first-order chi connectivity index (χ1) is 13.2. The third kappa shape index (κ3) is 4.22. The molecule has 1 aliphatic carbocycles.